The second kappa shape index (κ2) is 69.1. The van der Waals surface area contributed by atoms with Gasteiger partial charge in [0.05, 0.1) is 26.4 Å². The molecule has 0 fully saturated rings. The quantitative estimate of drug-likeness (QED) is 0.0222. The van der Waals surface area contributed by atoms with Crippen LogP contribution >= 0.6 is 15.6 Å². The zero-order valence-electron chi connectivity index (χ0n) is 65.1. The van der Waals surface area contributed by atoms with Crippen molar-refractivity contribution < 1.29 is 80.2 Å². The number of hydrogen-bond donors (Lipinski definition) is 3. The molecule has 0 aromatic carbocycles. The summed E-state index contributed by atoms with van der Waals surface area (Å²) in [5.41, 5.74) is 0. The van der Waals surface area contributed by atoms with Crippen LogP contribution in [-0.4, -0.2) is 96.7 Å². The molecule has 0 saturated heterocycles. The Kier molecular flexibility index (Phi) is 67.8. The van der Waals surface area contributed by atoms with Gasteiger partial charge in [-0.25, -0.2) is 9.13 Å². The van der Waals surface area contributed by atoms with E-state index in [9.17, 15) is 43.2 Å². The Morgan fingerprint density at radius 2 is 0.485 bits per heavy atom. The molecule has 19 heteroatoms. The topological polar surface area (TPSA) is 237 Å². The molecule has 6 atom stereocenters. The van der Waals surface area contributed by atoms with Gasteiger partial charge in [-0.15, -0.1) is 0 Å². The SMILES string of the molecule is CCC(C)CCCCCCCCC(=O)OC[C@H](COP(=O)(O)OC[C@H](O)COP(=O)(O)OC[C@@H](COC(=O)CCCCCCCCCCCCCCCCCCC(C)C)OC(=O)CCCCCCCCCCC(C)C)OC(=O)CCCCCCCCCCCCCCCCCCC(C)C. The van der Waals surface area contributed by atoms with Crippen LogP contribution in [0.1, 0.15) is 409 Å². The Hall–Kier alpha value is -1.94. The van der Waals surface area contributed by atoms with E-state index in [1.807, 2.05) is 0 Å². The first kappa shape index (κ1) is 97.1. The molecular weight excluding hydrogens is 1290 g/mol. The third-order valence-electron chi connectivity index (χ3n) is 18.9. The first-order chi connectivity index (χ1) is 47.6. The van der Waals surface area contributed by atoms with E-state index < -0.39 is 97.5 Å². The highest BCUT2D eigenvalue weighted by molar-refractivity contribution is 7.47. The van der Waals surface area contributed by atoms with E-state index in [0.717, 1.165) is 120 Å². The van der Waals surface area contributed by atoms with Crippen LogP contribution in [0.3, 0.4) is 0 Å². The number of carbonyl (C=O) groups excluding carboxylic acids is 4. The molecule has 3 N–H and O–H groups in total. The van der Waals surface area contributed by atoms with Gasteiger partial charge in [-0.3, -0.25) is 37.3 Å². The molecule has 0 rings (SSSR count). The van der Waals surface area contributed by atoms with Crippen LogP contribution in [0.5, 0.6) is 0 Å². The number of phosphoric acid groups is 2. The summed E-state index contributed by atoms with van der Waals surface area (Å²) >= 11 is 0. The molecule has 0 amide bonds. The highest BCUT2D eigenvalue weighted by Gasteiger charge is 2.30. The Morgan fingerprint density at radius 3 is 0.717 bits per heavy atom. The lowest BCUT2D eigenvalue weighted by Gasteiger charge is -2.21. The molecule has 0 saturated carbocycles. The average Bonchev–Trinajstić information content (AvgIpc) is 0.999. The van der Waals surface area contributed by atoms with E-state index in [1.54, 1.807) is 0 Å². The molecule has 3 unspecified atom stereocenters. The molecule has 0 spiro atoms. The number of rotatable bonds is 77. The standard InChI is InChI=1S/C80H156O17P2/c1-9-73(8)59-51-43-38-39-45-53-61-78(83)91-67-76(96-79(84)62-54-46-36-29-25-21-17-13-11-15-19-23-27-33-41-49-57-71(4)5)69-95-99(88,89)93-65-74(81)64-92-98(86,87)94-68-75(97-80(85)63-55-47-37-31-30-34-42-50-58-72(6)7)66-90-77(82)60-52-44-35-28-24-20-16-12-10-14-18-22-26-32-40-48-56-70(2)3/h70-76,81H,9-69H2,1-8H3,(H,86,87)(H,88,89)/t73?,74-,75-,76-/m1/s1. The zero-order chi connectivity index (χ0) is 73.1. The number of unbranched alkanes of at least 4 members (excludes halogenated alkanes) is 42. The fourth-order valence-corrected chi connectivity index (χ4v) is 13.8. The highest BCUT2D eigenvalue weighted by Crippen LogP contribution is 2.45. The first-order valence-corrected chi connectivity index (χ1v) is 44.2. The highest BCUT2D eigenvalue weighted by atomic mass is 31.2. The van der Waals surface area contributed by atoms with Crippen LogP contribution in [0.2, 0.25) is 0 Å². The van der Waals surface area contributed by atoms with E-state index in [2.05, 4.69) is 55.4 Å². The van der Waals surface area contributed by atoms with E-state index in [0.29, 0.717) is 25.7 Å². The van der Waals surface area contributed by atoms with Crippen molar-refractivity contribution in [1.29, 1.82) is 0 Å². The predicted octanol–water partition coefficient (Wildman–Crippen LogP) is 23.6. The molecule has 0 radical (unpaired) electrons. The van der Waals surface area contributed by atoms with E-state index in [1.165, 1.54) is 205 Å². The number of carbonyl (C=O) groups is 4. The van der Waals surface area contributed by atoms with Crippen LogP contribution in [0.25, 0.3) is 0 Å². The molecule has 99 heavy (non-hydrogen) atoms. The lowest BCUT2D eigenvalue weighted by Crippen LogP contribution is -2.30. The molecular formula is C80H156O17P2. The van der Waals surface area contributed by atoms with Crippen molar-refractivity contribution in [3.8, 4) is 0 Å². The van der Waals surface area contributed by atoms with Crippen LogP contribution in [0.4, 0.5) is 0 Å². The minimum absolute atomic E-state index is 0.105. The summed E-state index contributed by atoms with van der Waals surface area (Å²) in [6.07, 6.45) is 55.7. The number of hydrogen-bond acceptors (Lipinski definition) is 15. The molecule has 0 aromatic heterocycles. The van der Waals surface area contributed by atoms with E-state index in [-0.39, 0.29) is 25.7 Å². The summed E-state index contributed by atoms with van der Waals surface area (Å²) in [5, 5.41) is 10.6. The van der Waals surface area contributed by atoms with Crippen LogP contribution in [0.15, 0.2) is 0 Å². The summed E-state index contributed by atoms with van der Waals surface area (Å²) in [6, 6.07) is 0. The third-order valence-corrected chi connectivity index (χ3v) is 20.8. The first-order valence-electron chi connectivity index (χ1n) is 41.2. The molecule has 0 aliphatic carbocycles. The minimum Gasteiger partial charge on any atom is -0.462 e. The molecule has 0 aliphatic rings. The largest absolute Gasteiger partial charge is 0.472 e. The van der Waals surface area contributed by atoms with Gasteiger partial charge in [0.1, 0.15) is 19.3 Å². The maximum atomic E-state index is 13.1. The number of aliphatic hydroxyl groups excluding tert-OH is 1. The fraction of sp³-hybridized carbons (Fsp3) is 0.950. The lowest BCUT2D eigenvalue weighted by atomic mass is 10.00. The summed E-state index contributed by atoms with van der Waals surface area (Å²) in [6.45, 7) is 14.2. The van der Waals surface area contributed by atoms with Gasteiger partial charge in [0.25, 0.3) is 0 Å². The van der Waals surface area contributed by atoms with Crippen LogP contribution < -0.4 is 0 Å². The molecule has 588 valence electrons. The lowest BCUT2D eigenvalue weighted by molar-refractivity contribution is -0.161. The maximum Gasteiger partial charge on any atom is 0.472 e. The monoisotopic (exact) mass is 1450 g/mol. The van der Waals surface area contributed by atoms with Gasteiger partial charge in [0.15, 0.2) is 12.2 Å². The number of aliphatic hydroxyl groups is 1. The van der Waals surface area contributed by atoms with Gasteiger partial charge in [-0.05, 0) is 49.4 Å². The normalized spacial score (nSPS) is 14.3. The van der Waals surface area contributed by atoms with Crippen molar-refractivity contribution >= 4 is 39.5 Å². The van der Waals surface area contributed by atoms with Crippen molar-refractivity contribution in [1.82, 2.24) is 0 Å². The second-order valence-corrected chi connectivity index (χ2v) is 33.4. The Balaban J connectivity index is 5.18. The molecule has 0 bridgehead atoms. The van der Waals surface area contributed by atoms with Crippen molar-refractivity contribution in [2.45, 2.75) is 427 Å². The fourth-order valence-electron chi connectivity index (χ4n) is 12.2. The summed E-state index contributed by atoms with van der Waals surface area (Å²) in [5.74, 6) is 0.952. The number of phosphoric ester groups is 2. The average molecular weight is 1450 g/mol. The minimum atomic E-state index is -4.96. The summed E-state index contributed by atoms with van der Waals surface area (Å²) < 4.78 is 68.6. The smallest absolute Gasteiger partial charge is 0.462 e. The van der Waals surface area contributed by atoms with Gasteiger partial charge in [0.2, 0.25) is 0 Å². The maximum absolute atomic E-state index is 13.1. The van der Waals surface area contributed by atoms with Crippen molar-refractivity contribution in [3.63, 3.8) is 0 Å². The van der Waals surface area contributed by atoms with Crippen molar-refractivity contribution in [3.05, 3.63) is 0 Å². The van der Waals surface area contributed by atoms with Crippen LogP contribution in [0, 0.1) is 23.7 Å². The van der Waals surface area contributed by atoms with Crippen molar-refractivity contribution in [2.75, 3.05) is 39.6 Å². The van der Waals surface area contributed by atoms with Gasteiger partial charge >= 0.3 is 39.5 Å². The molecule has 0 aromatic rings. The van der Waals surface area contributed by atoms with Crippen molar-refractivity contribution in [2.24, 2.45) is 23.7 Å². The zero-order valence-corrected chi connectivity index (χ0v) is 66.9. The Bertz CT molecular complexity index is 1940. The van der Waals surface area contributed by atoms with Crippen LogP contribution in [-0.2, 0) is 65.4 Å². The Morgan fingerprint density at radius 1 is 0.283 bits per heavy atom. The Labute approximate surface area is 607 Å². The van der Waals surface area contributed by atoms with E-state index in [4.69, 9.17) is 37.0 Å². The summed E-state index contributed by atoms with van der Waals surface area (Å²) in [7, 11) is -9.92. The van der Waals surface area contributed by atoms with Gasteiger partial charge in [0, 0.05) is 25.7 Å². The van der Waals surface area contributed by atoms with Gasteiger partial charge < -0.3 is 33.8 Å². The third kappa shape index (κ3) is 72.8. The molecule has 0 heterocycles. The second-order valence-electron chi connectivity index (χ2n) is 30.5. The predicted molar refractivity (Wildman–Crippen MR) is 404 cm³/mol. The van der Waals surface area contributed by atoms with Gasteiger partial charge in [-0.2, -0.15) is 0 Å². The van der Waals surface area contributed by atoms with E-state index >= 15 is 0 Å². The molecule has 0 aliphatic heterocycles. The number of ether oxygens (including phenoxy) is 4. The van der Waals surface area contributed by atoms with Gasteiger partial charge in [-0.1, -0.05) is 357 Å². The summed E-state index contributed by atoms with van der Waals surface area (Å²) in [4.78, 5) is 72.9. The number of esters is 4. The molecule has 17 nitrogen and oxygen atoms in total.